The maximum atomic E-state index is 13.8. The molecule has 2 N–H and O–H groups in total. The summed E-state index contributed by atoms with van der Waals surface area (Å²) < 4.78 is 12.6. The molecule has 7 nitrogen and oxygen atoms in total. The molecule has 0 bridgehead atoms. The molecule has 1 aromatic heterocycles. The molecule has 0 fully saturated rings. The fourth-order valence-corrected chi connectivity index (χ4v) is 6.31. The van der Waals surface area contributed by atoms with Crippen LogP contribution >= 0.6 is 0 Å². The summed E-state index contributed by atoms with van der Waals surface area (Å²) in [5.41, 5.74) is 1.76. The minimum absolute atomic E-state index is 0.0412. The smallest absolute Gasteiger partial charge is 0.251 e. The summed E-state index contributed by atoms with van der Waals surface area (Å²) in [7, 11) is 0. The number of hydrogen-bond donors (Lipinski definition) is 2. The van der Waals surface area contributed by atoms with Crippen molar-refractivity contribution >= 4 is 28.4 Å². The van der Waals surface area contributed by atoms with Crippen LogP contribution in [-0.4, -0.2) is 34.7 Å². The number of furan rings is 1. The first-order valence-electron chi connectivity index (χ1n) is 13.7. The van der Waals surface area contributed by atoms with Crippen LogP contribution in [0.2, 0.25) is 0 Å². The molecule has 0 saturated carbocycles. The van der Waals surface area contributed by atoms with Gasteiger partial charge in [0.15, 0.2) is 11.6 Å². The van der Waals surface area contributed by atoms with Crippen LogP contribution in [0.3, 0.4) is 0 Å². The topological polar surface area (TPSA) is 106 Å². The van der Waals surface area contributed by atoms with Gasteiger partial charge < -0.3 is 19.6 Å². The van der Waals surface area contributed by atoms with Gasteiger partial charge in [0, 0.05) is 59.9 Å². The van der Waals surface area contributed by atoms with Gasteiger partial charge in [-0.05, 0) is 56.2 Å². The zero-order valence-corrected chi connectivity index (χ0v) is 24.3. The second-order valence-electron chi connectivity index (χ2n) is 13.8. The van der Waals surface area contributed by atoms with Crippen LogP contribution in [0.15, 0.2) is 39.2 Å². The van der Waals surface area contributed by atoms with Crippen LogP contribution in [0, 0.1) is 24.7 Å². The Labute approximate surface area is 229 Å². The van der Waals surface area contributed by atoms with Crippen LogP contribution in [0.4, 0.5) is 0 Å². The van der Waals surface area contributed by atoms with Crippen molar-refractivity contribution < 1.29 is 28.6 Å². The van der Waals surface area contributed by atoms with Gasteiger partial charge in [0.2, 0.25) is 0 Å². The van der Waals surface area contributed by atoms with Crippen molar-refractivity contribution in [3.63, 3.8) is 0 Å². The molecule has 0 radical (unpaired) electrons. The Morgan fingerprint density at radius 3 is 2.03 bits per heavy atom. The molecular formula is C32H39NO6. The minimum atomic E-state index is -1.08. The molecule has 0 unspecified atom stereocenters. The average molecular weight is 534 g/mol. The van der Waals surface area contributed by atoms with Crippen molar-refractivity contribution in [2.24, 2.45) is 10.8 Å². The number of rotatable bonds is 4. The molecule has 0 saturated heterocycles. The predicted octanol–water partition coefficient (Wildman–Crippen LogP) is 5.95. The van der Waals surface area contributed by atoms with Crippen LogP contribution in [-0.2, 0) is 14.3 Å². The Kier molecular flexibility index (Phi) is 6.26. The largest absolute Gasteiger partial charge is 0.465 e. The SMILES string of the molecule is Cc1cc2c(C)c(C(=O)NCC(C)(C)O)cc(C3C4=C(CC(C)(C)CC4=O)OC4=C3C(=O)CC(C)(C)C4)c2o1. The van der Waals surface area contributed by atoms with Crippen molar-refractivity contribution in [2.75, 3.05) is 6.54 Å². The van der Waals surface area contributed by atoms with E-state index in [1.807, 2.05) is 19.9 Å². The van der Waals surface area contributed by atoms with Gasteiger partial charge in [0.05, 0.1) is 11.5 Å². The number of aliphatic hydroxyl groups is 1. The molecule has 2 aromatic rings. The van der Waals surface area contributed by atoms with Crippen LogP contribution < -0.4 is 5.32 Å². The number of carbonyl (C=O) groups is 3. The summed E-state index contributed by atoms with van der Waals surface area (Å²) in [6, 6.07) is 3.66. The number of ether oxygens (including phenoxy) is 1. The zero-order chi connectivity index (χ0) is 28.7. The summed E-state index contributed by atoms with van der Waals surface area (Å²) in [4.78, 5) is 41.0. The Bertz CT molecular complexity index is 1440. The van der Waals surface area contributed by atoms with E-state index in [1.165, 1.54) is 0 Å². The van der Waals surface area contributed by atoms with Crippen LogP contribution in [0.25, 0.3) is 11.0 Å². The van der Waals surface area contributed by atoms with Crippen molar-refractivity contribution in [1.29, 1.82) is 0 Å². The summed E-state index contributed by atoms with van der Waals surface area (Å²) >= 11 is 0. The summed E-state index contributed by atoms with van der Waals surface area (Å²) in [5, 5.41) is 13.8. The molecule has 0 spiro atoms. The normalized spacial score (nSPS) is 21.2. The Morgan fingerprint density at radius 2 is 1.51 bits per heavy atom. The van der Waals surface area contributed by atoms with E-state index < -0.39 is 11.5 Å². The lowest BCUT2D eigenvalue weighted by atomic mass is 9.65. The van der Waals surface area contributed by atoms with E-state index in [9.17, 15) is 19.5 Å². The molecule has 39 heavy (non-hydrogen) atoms. The number of hydrogen-bond acceptors (Lipinski definition) is 6. The highest BCUT2D eigenvalue weighted by Gasteiger charge is 2.48. The van der Waals surface area contributed by atoms with E-state index >= 15 is 0 Å². The maximum absolute atomic E-state index is 13.8. The Balaban J connectivity index is 1.77. The standard InChI is InChI=1S/C32H39NO6/c1-16-9-18-17(2)19(29(36)33-15-32(7,8)37)10-20(28(18)38-16)25-26-21(34)11-30(3,4)13-23(26)39-24-14-31(5,6)12-22(35)27(24)25/h9-10,25,37H,11-15H2,1-8H3,(H,33,36). The zero-order valence-electron chi connectivity index (χ0n) is 24.3. The minimum Gasteiger partial charge on any atom is -0.465 e. The van der Waals surface area contributed by atoms with Crippen molar-refractivity contribution in [3.8, 4) is 0 Å². The highest BCUT2D eigenvalue weighted by molar-refractivity contribution is 6.08. The lowest BCUT2D eigenvalue weighted by molar-refractivity contribution is -0.120. The van der Waals surface area contributed by atoms with Gasteiger partial charge >= 0.3 is 0 Å². The van der Waals surface area contributed by atoms with Gasteiger partial charge in [0.1, 0.15) is 22.9 Å². The second kappa shape index (κ2) is 8.91. The molecule has 1 aromatic carbocycles. The van der Waals surface area contributed by atoms with Gasteiger partial charge in [-0.1, -0.05) is 27.7 Å². The number of ketones is 2. The van der Waals surface area contributed by atoms with Crippen LogP contribution in [0.1, 0.15) is 100 Å². The van der Waals surface area contributed by atoms with Gasteiger partial charge in [-0.2, -0.15) is 0 Å². The number of fused-ring (bicyclic) bond motifs is 1. The summed E-state index contributed by atoms with van der Waals surface area (Å²) in [6.07, 6.45) is 1.86. The lowest BCUT2D eigenvalue weighted by Crippen LogP contribution is -2.39. The molecule has 1 amide bonds. The molecule has 2 heterocycles. The molecule has 5 rings (SSSR count). The highest BCUT2D eigenvalue weighted by atomic mass is 16.5. The molecule has 1 aliphatic heterocycles. The number of benzene rings is 1. The number of allylic oxidation sites excluding steroid dienone is 4. The van der Waals surface area contributed by atoms with Crippen LogP contribution in [0.5, 0.6) is 0 Å². The summed E-state index contributed by atoms with van der Waals surface area (Å²) in [6.45, 7) is 15.3. The first-order valence-corrected chi connectivity index (χ1v) is 13.7. The van der Waals surface area contributed by atoms with Crippen molar-refractivity contribution in [3.05, 3.63) is 57.2 Å². The maximum Gasteiger partial charge on any atom is 0.251 e. The molecule has 7 heteroatoms. The second-order valence-corrected chi connectivity index (χ2v) is 13.8. The molecule has 2 aliphatic carbocycles. The van der Waals surface area contributed by atoms with E-state index in [2.05, 4.69) is 33.0 Å². The lowest BCUT2D eigenvalue weighted by Gasteiger charge is -2.42. The highest BCUT2D eigenvalue weighted by Crippen LogP contribution is 2.54. The summed E-state index contributed by atoms with van der Waals surface area (Å²) in [5.74, 6) is 0.822. The number of aryl methyl sites for hydroxylation is 2. The molecule has 0 atom stereocenters. The number of amides is 1. The molecule has 3 aliphatic rings. The predicted molar refractivity (Wildman–Crippen MR) is 148 cm³/mol. The fraction of sp³-hybridized carbons (Fsp3) is 0.531. The molecular weight excluding hydrogens is 494 g/mol. The average Bonchev–Trinajstić information content (AvgIpc) is 3.16. The Morgan fingerprint density at radius 1 is 0.974 bits per heavy atom. The van der Waals surface area contributed by atoms with Gasteiger partial charge in [-0.15, -0.1) is 0 Å². The van der Waals surface area contributed by atoms with Gasteiger partial charge in [0.25, 0.3) is 5.91 Å². The number of Topliss-reactive ketones (excluding diaryl/α,β-unsaturated/α-hetero) is 2. The Hall–Kier alpha value is -3.19. The molecule has 208 valence electrons. The van der Waals surface area contributed by atoms with E-state index in [1.54, 1.807) is 19.9 Å². The fourth-order valence-electron chi connectivity index (χ4n) is 6.31. The first kappa shape index (κ1) is 27.4. The van der Waals surface area contributed by atoms with Gasteiger partial charge in [-0.25, -0.2) is 0 Å². The van der Waals surface area contributed by atoms with Crippen molar-refractivity contribution in [2.45, 2.75) is 92.6 Å². The third-order valence-corrected chi connectivity index (χ3v) is 8.04. The van der Waals surface area contributed by atoms with E-state index in [-0.39, 0.29) is 34.8 Å². The van der Waals surface area contributed by atoms with E-state index in [0.717, 1.165) is 10.9 Å². The van der Waals surface area contributed by atoms with E-state index in [4.69, 9.17) is 9.15 Å². The number of carbonyl (C=O) groups excluding carboxylic acids is 3. The van der Waals surface area contributed by atoms with Crippen molar-refractivity contribution in [1.82, 2.24) is 5.32 Å². The third kappa shape index (κ3) is 4.97. The first-order chi connectivity index (χ1) is 18.0. The third-order valence-electron chi connectivity index (χ3n) is 8.04. The van der Waals surface area contributed by atoms with E-state index in [0.29, 0.717) is 70.8 Å². The monoisotopic (exact) mass is 533 g/mol. The van der Waals surface area contributed by atoms with Gasteiger partial charge in [-0.3, -0.25) is 14.4 Å². The number of nitrogens with one attached hydrogen (secondary N) is 1. The quantitative estimate of drug-likeness (QED) is 0.503.